The van der Waals surface area contributed by atoms with Gasteiger partial charge in [0.15, 0.2) is 11.5 Å². The van der Waals surface area contributed by atoms with Crippen LogP contribution in [0.5, 0.6) is 11.5 Å². The molecule has 0 aromatic heterocycles. The van der Waals surface area contributed by atoms with Gasteiger partial charge in [-0.3, -0.25) is 0 Å². The average Bonchev–Trinajstić information content (AvgIpc) is 2.72. The van der Waals surface area contributed by atoms with Crippen molar-refractivity contribution < 1.29 is 14.6 Å². The van der Waals surface area contributed by atoms with E-state index in [0.29, 0.717) is 10.8 Å². The van der Waals surface area contributed by atoms with Crippen LogP contribution in [-0.4, -0.2) is 24.9 Å². The van der Waals surface area contributed by atoms with Gasteiger partial charge in [0.1, 0.15) is 6.10 Å². The Labute approximate surface area is 113 Å². The number of benzene rings is 1. The van der Waals surface area contributed by atoms with Crippen LogP contribution >= 0.6 is 11.6 Å². The summed E-state index contributed by atoms with van der Waals surface area (Å²) in [5.41, 5.74) is 1.49. The van der Waals surface area contributed by atoms with Gasteiger partial charge in [-0.15, -0.1) is 0 Å². The fourth-order valence-electron chi connectivity index (χ4n) is 2.24. The number of halogens is 1. The van der Waals surface area contributed by atoms with E-state index < -0.39 is 5.41 Å². The predicted octanol–water partition coefficient (Wildman–Crippen LogP) is 2.94. The third kappa shape index (κ3) is 2.06. The highest BCUT2D eigenvalue weighted by Crippen LogP contribution is 2.46. The van der Waals surface area contributed by atoms with Crippen LogP contribution in [0.2, 0.25) is 5.02 Å². The first-order valence-corrected chi connectivity index (χ1v) is 6.46. The molecule has 1 aromatic carbocycles. The summed E-state index contributed by atoms with van der Waals surface area (Å²) >= 11 is 6.47. The molecule has 1 atom stereocenters. The molecule has 1 N–H and O–H groups in total. The Morgan fingerprint density at radius 3 is 2.78 bits per heavy atom. The number of methoxy groups -OCH3 is 1. The van der Waals surface area contributed by atoms with Crippen LogP contribution < -0.4 is 9.47 Å². The molecule has 2 rings (SSSR count). The molecule has 1 heterocycles. The van der Waals surface area contributed by atoms with Crippen molar-refractivity contribution in [2.24, 2.45) is 0 Å². The lowest BCUT2D eigenvalue weighted by atomic mass is 9.84. The van der Waals surface area contributed by atoms with Gasteiger partial charge in [-0.2, -0.15) is 0 Å². The third-order valence-corrected chi connectivity index (χ3v) is 3.86. The van der Waals surface area contributed by atoms with E-state index in [0.717, 1.165) is 23.3 Å². The van der Waals surface area contributed by atoms with Crippen LogP contribution in [0.3, 0.4) is 0 Å². The maximum Gasteiger partial charge on any atom is 0.166 e. The molecule has 4 heteroatoms. The number of aliphatic hydroxyl groups is 1. The normalized spacial score (nSPS) is 18.4. The molecule has 0 spiro atoms. The molecule has 18 heavy (non-hydrogen) atoms. The topological polar surface area (TPSA) is 38.7 Å². The first kappa shape index (κ1) is 13.5. The molecule has 0 fully saturated rings. The number of hydrogen-bond donors (Lipinski definition) is 1. The maximum absolute atomic E-state index is 9.51. The zero-order valence-corrected chi connectivity index (χ0v) is 12.0. The monoisotopic (exact) mass is 270 g/mol. The number of fused-ring (bicyclic) bond motifs is 1. The van der Waals surface area contributed by atoms with Crippen LogP contribution in [0.25, 0.3) is 0 Å². The minimum Gasteiger partial charge on any atom is -0.493 e. The van der Waals surface area contributed by atoms with Gasteiger partial charge in [0.2, 0.25) is 0 Å². The Balaban J connectivity index is 2.62. The molecule has 0 aliphatic carbocycles. The largest absolute Gasteiger partial charge is 0.493 e. The zero-order valence-electron chi connectivity index (χ0n) is 11.2. The van der Waals surface area contributed by atoms with Gasteiger partial charge >= 0.3 is 0 Å². The molecule has 0 radical (unpaired) electrons. The van der Waals surface area contributed by atoms with Crippen molar-refractivity contribution in [2.45, 2.75) is 38.7 Å². The molecule has 100 valence electrons. The molecule has 1 aliphatic rings. The van der Waals surface area contributed by atoms with Gasteiger partial charge in [-0.1, -0.05) is 25.4 Å². The lowest BCUT2D eigenvalue weighted by Crippen LogP contribution is -2.23. The lowest BCUT2D eigenvalue weighted by Gasteiger charge is -2.25. The summed E-state index contributed by atoms with van der Waals surface area (Å²) in [5.74, 6) is 1.43. The fourth-order valence-corrected chi connectivity index (χ4v) is 2.72. The van der Waals surface area contributed by atoms with Crippen LogP contribution in [0.15, 0.2) is 6.07 Å². The van der Waals surface area contributed by atoms with E-state index in [4.69, 9.17) is 21.1 Å². The average molecular weight is 271 g/mol. The van der Waals surface area contributed by atoms with Crippen molar-refractivity contribution in [3.05, 3.63) is 22.2 Å². The maximum atomic E-state index is 9.51. The van der Waals surface area contributed by atoms with Crippen LogP contribution in [0.1, 0.15) is 31.9 Å². The van der Waals surface area contributed by atoms with Crippen molar-refractivity contribution in [1.29, 1.82) is 0 Å². The predicted molar refractivity (Wildman–Crippen MR) is 71.9 cm³/mol. The Morgan fingerprint density at radius 1 is 1.56 bits per heavy atom. The molecular formula is C14H19ClO3. The SMILES string of the molecule is COc1cc(C(C)(C)CO)c(Cl)c2c1OC(C)C2. The lowest BCUT2D eigenvalue weighted by molar-refractivity contribution is 0.218. The number of hydrogen-bond acceptors (Lipinski definition) is 3. The van der Waals surface area contributed by atoms with Crippen molar-refractivity contribution in [3.63, 3.8) is 0 Å². The summed E-state index contributed by atoms with van der Waals surface area (Å²) in [6.07, 6.45) is 0.888. The highest BCUT2D eigenvalue weighted by molar-refractivity contribution is 6.32. The summed E-state index contributed by atoms with van der Waals surface area (Å²) in [5, 5.41) is 10.2. The Morgan fingerprint density at radius 2 is 2.22 bits per heavy atom. The van der Waals surface area contributed by atoms with E-state index in [2.05, 4.69) is 0 Å². The molecule has 3 nitrogen and oxygen atoms in total. The zero-order chi connectivity index (χ0) is 13.5. The minimum atomic E-state index is -0.398. The van der Waals surface area contributed by atoms with E-state index >= 15 is 0 Å². The van der Waals surface area contributed by atoms with E-state index in [9.17, 15) is 5.11 Å². The highest BCUT2D eigenvalue weighted by atomic mass is 35.5. The second-order valence-electron chi connectivity index (χ2n) is 5.42. The van der Waals surface area contributed by atoms with Crippen molar-refractivity contribution in [1.82, 2.24) is 0 Å². The molecule has 0 saturated carbocycles. The number of aliphatic hydroxyl groups excluding tert-OH is 1. The molecule has 0 amide bonds. The Kier molecular flexibility index (Phi) is 3.47. The molecule has 1 aliphatic heterocycles. The van der Waals surface area contributed by atoms with E-state index in [1.165, 1.54) is 0 Å². The summed E-state index contributed by atoms with van der Waals surface area (Å²) in [6, 6.07) is 1.87. The van der Waals surface area contributed by atoms with Gasteiger partial charge in [0.25, 0.3) is 0 Å². The van der Waals surface area contributed by atoms with Gasteiger partial charge < -0.3 is 14.6 Å². The molecule has 1 aromatic rings. The Bertz CT molecular complexity index is 469. The minimum absolute atomic E-state index is 0.0328. The summed E-state index contributed by atoms with van der Waals surface area (Å²) in [6.45, 7) is 5.95. The number of ether oxygens (including phenoxy) is 2. The van der Waals surface area contributed by atoms with E-state index in [1.807, 2.05) is 26.8 Å². The smallest absolute Gasteiger partial charge is 0.166 e. The third-order valence-electron chi connectivity index (χ3n) is 3.43. The van der Waals surface area contributed by atoms with Crippen molar-refractivity contribution in [2.75, 3.05) is 13.7 Å². The summed E-state index contributed by atoms with van der Waals surface area (Å²) < 4.78 is 11.1. The van der Waals surface area contributed by atoms with Gasteiger partial charge in [-0.05, 0) is 18.6 Å². The summed E-state index contributed by atoms with van der Waals surface area (Å²) in [7, 11) is 1.62. The fraction of sp³-hybridized carbons (Fsp3) is 0.571. The van der Waals surface area contributed by atoms with Gasteiger partial charge in [-0.25, -0.2) is 0 Å². The molecular weight excluding hydrogens is 252 g/mol. The second kappa shape index (κ2) is 4.63. The van der Waals surface area contributed by atoms with E-state index in [1.54, 1.807) is 7.11 Å². The first-order valence-electron chi connectivity index (χ1n) is 6.08. The van der Waals surface area contributed by atoms with Crippen LogP contribution in [0.4, 0.5) is 0 Å². The Hall–Kier alpha value is -0.930. The highest BCUT2D eigenvalue weighted by Gasteiger charge is 2.32. The standard InChI is InChI=1S/C14H19ClO3/c1-8-5-9-12(15)10(14(2,3)7-16)6-11(17-4)13(9)18-8/h6,8,16H,5,7H2,1-4H3. The number of rotatable bonds is 3. The van der Waals surface area contributed by atoms with Crippen LogP contribution in [0, 0.1) is 0 Å². The van der Waals surface area contributed by atoms with Gasteiger partial charge in [0.05, 0.1) is 18.7 Å². The molecule has 0 bridgehead atoms. The molecule has 0 saturated heterocycles. The van der Waals surface area contributed by atoms with E-state index in [-0.39, 0.29) is 12.7 Å². The quantitative estimate of drug-likeness (QED) is 0.918. The van der Waals surface area contributed by atoms with Gasteiger partial charge in [0, 0.05) is 17.4 Å². The summed E-state index contributed by atoms with van der Waals surface area (Å²) in [4.78, 5) is 0. The van der Waals surface area contributed by atoms with Crippen molar-refractivity contribution >= 4 is 11.6 Å². The van der Waals surface area contributed by atoms with Crippen LogP contribution in [-0.2, 0) is 11.8 Å². The molecule has 1 unspecified atom stereocenters. The first-order chi connectivity index (χ1) is 8.40. The van der Waals surface area contributed by atoms with Crippen molar-refractivity contribution in [3.8, 4) is 11.5 Å². The second-order valence-corrected chi connectivity index (χ2v) is 5.80.